The maximum atomic E-state index is 12.2. The number of rotatable bonds is 2. The smallest absolute Gasteiger partial charge is 0.417 e. The van der Waals surface area contributed by atoms with Crippen LogP contribution in [0.5, 0.6) is 0 Å². The zero-order chi connectivity index (χ0) is 17.4. The van der Waals surface area contributed by atoms with E-state index in [4.69, 9.17) is 16.3 Å². The summed E-state index contributed by atoms with van der Waals surface area (Å²) in [5.74, 6) is -2.45. The van der Waals surface area contributed by atoms with E-state index in [-0.39, 0.29) is 6.42 Å². The summed E-state index contributed by atoms with van der Waals surface area (Å²) in [6.07, 6.45) is -1.01. The Balaban J connectivity index is 2.33. The van der Waals surface area contributed by atoms with Crippen molar-refractivity contribution in [3.8, 4) is 0 Å². The van der Waals surface area contributed by atoms with Gasteiger partial charge in [0.1, 0.15) is 11.6 Å². The molecule has 23 heavy (non-hydrogen) atoms. The summed E-state index contributed by atoms with van der Waals surface area (Å²) in [6.45, 7) is 4.95. The molecule has 0 bridgehead atoms. The van der Waals surface area contributed by atoms with Gasteiger partial charge in [0.25, 0.3) is 0 Å². The number of imide groups is 1. The zero-order valence-electron chi connectivity index (χ0n) is 13.1. The Morgan fingerprint density at radius 1 is 1.26 bits per heavy atom. The van der Waals surface area contributed by atoms with Crippen molar-refractivity contribution in [3.05, 3.63) is 34.9 Å². The Morgan fingerprint density at radius 2 is 1.83 bits per heavy atom. The number of likely N-dealkylation sites (tertiary alicyclic amines) is 1. The molecule has 1 N–H and O–H groups in total. The van der Waals surface area contributed by atoms with Gasteiger partial charge in [-0.05, 0) is 38.5 Å². The monoisotopic (exact) mass is 339 g/mol. The molecule has 1 aromatic carbocycles. The van der Waals surface area contributed by atoms with Gasteiger partial charge >= 0.3 is 12.1 Å². The van der Waals surface area contributed by atoms with Crippen molar-refractivity contribution in [2.45, 2.75) is 44.8 Å². The highest BCUT2D eigenvalue weighted by molar-refractivity contribution is 6.30. The molecule has 1 aromatic rings. The lowest BCUT2D eigenvalue weighted by atomic mass is 9.92. The number of aliphatic carboxylic acids is 1. The molecular weight excluding hydrogens is 322 g/mol. The highest BCUT2D eigenvalue weighted by Gasteiger charge is 2.49. The number of amides is 2. The second kappa shape index (κ2) is 6.20. The highest BCUT2D eigenvalue weighted by atomic mass is 35.5. The molecule has 0 saturated carbocycles. The van der Waals surface area contributed by atoms with E-state index in [2.05, 4.69) is 0 Å². The molecule has 1 aliphatic heterocycles. The number of hydrogen-bond acceptors (Lipinski definition) is 4. The van der Waals surface area contributed by atoms with Crippen molar-refractivity contribution >= 4 is 29.6 Å². The number of carbonyl (C=O) groups excluding carboxylic acids is 2. The standard InChI is InChI=1S/C16H18ClNO5/c1-16(2,3)23-15(22)18-12(19)8-11(13(18)14(20)21)9-4-6-10(17)7-5-9/h4-7,11,13H,8H2,1-3H3,(H,20,21)/t11-,13+/m1/s1. The topological polar surface area (TPSA) is 83.9 Å². The number of carboxylic acid groups (broad SMARTS) is 1. The Hall–Kier alpha value is -2.08. The van der Waals surface area contributed by atoms with Gasteiger partial charge in [-0.2, -0.15) is 0 Å². The van der Waals surface area contributed by atoms with Crippen LogP contribution in [0.4, 0.5) is 4.79 Å². The van der Waals surface area contributed by atoms with Crippen molar-refractivity contribution in [1.82, 2.24) is 4.90 Å². The predicted octanol–water partition coefficient (Wildman–Crippen LogP) is 3.04. The van der Waals surface area contributed by atoms with Crippen LogP contribution >= 0.6 is 11.6 Å². The minimum absolute atomic E-state index is 0.0716. The molecule has 0 unspecified atom stereocenters. The number of ether oxygens (including phenoxy) is 1. The van der Waals surface area contributed by atoms with E-state index in [0.29, 0.717) is 15.5 Å². The number of halogens is 1. The maximum Gasteiger partial charge on any atom is 0.417 e. The van der Waals surface area contributed by atoms with Crippen molar-refractivity contribution in [1.29, 1.82) is 0 Å². The second-order valence-electron chi connectivity index (χ2n) is 6.39. The van der Waals surface area contributed by atoms with E-state index >= 15 is 0 Å². The van der Waals surface area contributed by atoms with Gasteiger partial charge in [0.05, 0.1) is 0 Å². The maximum absolute atomic E-state index is 12.2. The van der Waals surface area contributed by atoms with Crippen LogP contribution in [0.2, 0.25) is 5.02 Å². The third-order valence-corrected chi connectivity index (χ3v) is 3.72. The summed E-state index contributed by atoms with van der Waals surface area (Å²) >= 11 is 5.83. The van der Waals surface area contributed by atoms with Crippen LogP contribution in [0, 0.1) is 0 Å². The Labute approximate surface area is 139 Å². The van der Waals surface area contributed by atoms with E-state index in [1.165, 1.54) is 0 Å². The molecule has 2 atom stereocenters. The first-order chi connectivity index (χ1) is 10.6. The molecule has 0 aliphatic carbocycles. The Morgan fingerprint density at radius 3 is 2.30 bits per heavy atom. The number of nitrogens with zero attached hydrogens (tertiary/aromatic N) is 1. The van der Waals surface area contributed by atoms with E-state index in [9.17, 15) is 19.5 Å². The number of hydrogen-bond donors (Lipinski definition) is 1. The lowest BCUT2D eigenvalue weighted by Gasteiger charge is -2.27. The van der Waals surface area contributed by atoms with Crippen LogP contribution in [-0.2, 0) is 14.3 Å². The normalized spacial score (nSPS) is 21.4. The highest BCUT2D eigenvalue weighted by Crippen LogP contribution is 2.36. The fraction of sp³-hybridized carbons (Fsp3) is 0.438. The minimum Gasteiger partial charge on any atom is -0.480 e. The molecular formula is C16H18ClNO5. The molecule has 124 valence electrons. The van der Waals surface area contributed by atoms with E-state index < -0.39 is 35.5 Å². The third-order valence-electron chi connectivity index (χ3n) is 3.46. The number of carbonyl (C=O) groups is 3. The third kappa shape index (κ3) is 3.82. The first-order valence-electron chi connectivity index (χ1n) is 7.13. The molecule has 2 amide bonds. The van der Waals surface area contributed by atoms with Gasteiger partial charge in [0.15, 0.2) is 0 Å². The van der Waals surface area contributed by atoms with Gasteiger partial charge in [0.2, 0.25) is 5.91 Å². The van der Waals surface area contributed by atoms with Crippen molar-refractivity contribution in [2.75, 3.05) is 0 Å². The van der Waals surface area contributed by atoms with Gasteiger partial charge < -0.3 is 9.84 Å². The van der Waals surface area contributed by atoms with Crippen LogP contribution in [-0.4, -0.2) is 39.6 Å². The summed E-state index contributed by atoms with van der Waals surface area (Å²) in [4.78, 5) is 36.8. The SMILES string of the molecule is CC(C)(C)OC(=O)N1C(=O)C[C@H](c2ccc(Cl)cc2)[C@H]1C(=O)O. The molecule has 1 heterocycles. The van der Waals surface area contributed by atoms with Crippen LogP contribution in [0.25, 0.3) is 0 Å². The largest absolute Gasteiger partial charge is 0.480 e. The molecule has 0 radical (unpaired) electrons. The van der Waals surface area contributed by atoms with Gasteiger partial charge in [-0.25, -0.2) is 14.5 Å². The van der Waals surface area contributed by atoms with Crippen molar-refractivity contribution < 1.29 is 24.2 Å². The summed E-state index contributed by atoms with van der Waals surface area (Å²) in [7, 11) is 0. The Bertz CT molecular complexity index is 635. The van der Waals surface area contributed by atoms with Crippen LogP contribution in [0.1, 0.15) is 38.7 Å². The van der Waals surface area contributed by atoms with Gasteiger partial charge in [-0.1, -0.05) is 23.7 Å². The van der Waals surface area contributed by atoms with Crippen molar-refractivity contribution in [3.63, 3.8) is 0 Å². The number of benzene rings is 1. The average Bonchev–Trinajstić information content (AvgIpc) is 2.75. The first kappa shape index (κ1) is 17.3. The molecule has 7 heteroatoms. The molecule has 1 aliphatic rings. The second-order valence-corrected chi connectivity index (χ2v) is 6.83. The summed E-state index contributed by atoms with van der Waals surface area (Å²) in [6, 6.07) is 5.27. The lowest BCUT2D eigenvalue weighted by molar-refractivity contribution is -0.146. The first-order valence-corrected chi connectivity index (χ1v) is 7.51. The fourth-order valence-electron chi connectivity index (χ4n) is 2.55. The molecule has 1 fully saturated rings. The van der Waals surface area contributed by atoms with E-state index in [0.717, 1.165) is 0 Å². The minimum atomic E-state index is -1.29. The quantitative estimate of drug-likeness (QED) is 0.895. The van der Waals surface area contributed by atoms with E-state index in [1.807, 2.05) is 0 Å². The molecule has 6 nitrogen and oxygen atoms in total. The van der Waals surface area contributed by atoms with Crippen LogP contribution in [0.3, 0.4) is 0 Å². The molecule has 2 rings (SSSR count). The van der Waals surface area contributed by atoms with E-state index in [1.54, 1.807) is 45.0 Å². The lowest BCUT2D eigenvalue weighted by Crippen LogP contribution is -2.46. The van der Waals surface area contributed by atoms with Crippen LogP contribution < -0.4 is 0 Å². The van der Waals surface area contributed by atoms with Gasteiger partial charge in [-0.3, -0.25) is 4.79 Å². The van der Waals surface area contributed by atoms with Crippen molar-refractivity contribution in [2.24, 2.45) is 0 Å². The molecule has 1 saturated heterocycles. The fourth-order valence-corrected chi connectivity index (χ4v) is 2.68. The van der Waals surface area contributed by atoms with Gasteiger partial charge in [-0.15, -0.1) is 0 Å². The zero-order valence-corrected chi connectivity index (χ0v) is 13.8. The summed E-state index contributed by atoms with van der Waals surface area (Å²) in [5, 5.41) is 10.0. The van der Waals surface area contributed by atoms with Crippen LogP contribution in [0.15, 0.2) is 24.3 Å². The number of carboxylic acids is 1. The summed E-state index contributed by atoms with van der Waals surface area (Å²) < 4.78 is 5.16. The molecule has 0 spiro atoms. The molecule has 0 aromatic heterocycles. The Kier molecular flexibility index (Phi) is 4.66. The average molecular weight is 340 g/mol. The predicted molar refractivity (Wildman–Crippen MR) is 83.3 cm³/mol. The summed E-state index contributed by atoms with van der Waals surface area (Å²) in [5.41, 5.74) is -0.181. The van der Waals surface area contributed by atoms with Gasteiger partial charge in [0, 0.05) is 17.4 Å².